The lowest BCUT2D eigenvalue weighted by atomic mass is 10.3. The van der Waals surface area contributed by atoms with Crippen LogP contribution in [0.4, 0.5) is 5.82 Å². The molecule has 1 aliphatic heterocycles. The molecule has 88 valence electrons. The molecule has 2 heterocycles. The minimum atomic E-state index is -0.0447. The summed E-state index contributed by atoms with van der Waals surface area (Å²) in [5, 5.41) is 17.0. The summed E-state index contributed by atoms with van der Waals surface area (Å²) in [4.78, 5) is 4.66. The maximum Gasteiger partial charge on any atom is 0.151 e. The lowest BCUT2D eigenvalue weighted by Crippen LogP contribution is -2.46. The van der Waals surface area contributed by atoms with Gasteiger partial charge in [-0.05, 0) is 18.7 Å². The maximum absolute atomic E-state index is 8.88. The molecule has 0 spiro atoms. The second-order valence-electron chi connectivity index (χ2n) is 3.96. The molecule has 5 heteroatoms. The van der Waals surface area contributed by atoms with Gasteiger partial charge in [0.15, 0.2) is 5.82 Å². The fourth-order valence-corrected chi connectivity index (χ4v) is 1.90. The highest BCUT2D eigenvalue weighted by Gasteiger charge is 2.16. The predicted molar refractivity (Wildman–Crippen MR) is 62.3 cm³/mol. The normalized spacial score (nSPS) is 17.8. The van der Waals surface area contributed by atoms with Gasteiger partial charge in [0, 0.05) is 26.2 Å². The Bertz CT molecular complexity index is 319. The third kappa shape index (κ3) is 2.48. The van der Waals surface area contributed by atoms with Crippen LogP contribution in [0.3, 0.4) is 0 Å². The van der Waals surface area contributed by atoms with Crippen LogP contribution < -0.4 is 4.90 Å². The Morgan fingerprint density at radius 2 is 1.94 bits per heavy atom. The largest absolute Gasteiger partial charge is 0.390 e. The molecular formula is C11H18N4O. The van der Waals surface area contributed by atoms with E-state index in [4.69, 9.17) is 5.11 Å². The molecule has 0 aliphatic carbocycles. The number of aromatic nitrogens is 2. The van der Waals surface area contributed by atoms with Crippen LogP contribution in [0.1, 0.15) is 12.6 Å². The number of rotatable bonds is 3. The van der Waals surface area contributed by atoms with Crippen molar-refractivity contribution in [3.8, 4) is 0 Å². The molecule has 1 aromatic heterocycles. The van der Waals surface area contributed by atoms with E-state index >= 15 is 0 Å². The van der Waals surface area contributed by atoms with Gasteiger partial charge in [0.2, 0.25) is 0 Å². The average molecular weight is 222 g/mol. The van der Waals surface area contributed by atoms with E-state index in [9.17, 15) is 0 Å². The zero-order valence-electron chi connectivity index (χ0n) is 9.63. The fraction of sp³-hybridized carbons (Fsp3) is 0.636. The summed E-state index contributed by atoms with van der Waals surface area (Å²) < 4.78 is 0. The number of anilines is 1. The van der Waals surface area contributed by atoms with Gasteiger partial charge in [-0.15, -0.1) is 5.10 Å². The Morgan fingerprint density at radius 1 is 1.19 bits per heavy atom. The second kappa shape index (κ2) is 5.23. The van der Waals surface area contributed by atoms with E-state index < -0.39 is 0 Å². The van der Waals surface area contributed by atoms with Crippen molar-refractivity contribution < 1.29 is 5.11 Å². The summed E-state index contributed by atoms with van der Waals surface area (Å²) in [5.74, 6) is 0.910. The van der Waals surface area contributed by atoms with E-state index in [1.807, 2.05) is 12.1 Å². The Kier molecular flexibility index (Phi) is 3.69. The standard InChI is InChI=1S/C11H18N4O/c1-2-14-5-7-15(8-6-14)11-4-3-10(9-16)12-13-11/h3-4,16H,2,5-9H2,1H3. The third-order valence-electron chi connectivity index (χ3n) is 3.01. The SMILES string of the molecule is CCN1CCN(c2ccc(CO)nn2)CC1. The first-order valence-corrected chi connectivity index (χ1v) is 5.74. The van der Waals surface area contributed by atoms with Crippen LogP contribution in [-0.2, 0) is 6.61 Å². The van der Waals surface area contributed by atoms with Crippen LogP contribution in [0.2, 0.25) is 0 Å². The highest BCUT2D eigenvalue weighted by atomic mass is 16.3. The van der Waals surface area contributed by atoms with Crippen molar-refractivity contribution in [1.82, 2.24) is 15.1 Å². The predicted octanol–water partition coefficient (Wildman–Crippen LogP) is 0.111. The summed E-state index contributed by atoms with van der Waals surface area (Å²) in [6.45, 7) is 7.42. The molecule has 1 aliphatic rings. The summed E-state index contributed by atoms with van der Waals surface area (Å²) in [7, 11) is 0. The Labute approximate surface area is 95.7 Å². The molecule has 1 N–H and O–H groups in total. The first-order chi connectivity index (χ1) is 7.83. The van der Waals surface area contributed by atoms with Crippen molar-refractivity contribution in [1.29, 1.82) is 0 Å². The monoisotopic (exact) mass is 222 g/mol. The highest BCUT2D eigenvalue weighted by molar-refractivity contribution is 5.37. The lowest BCUT2D eigenvalue weighted by Gasteiger charge is -2.34. The van der Waals surface area contributed by atoms with Gasteiger partial charge in [-0.2, -0.15) is 5.10 Å². The fourth-order valence-electron chi connectivity index (χ4n) is 1.90. The Morgan fingerprint density at radius 3 is 2.44 bits per heavy atom. The van der Waals surface area contributed by atoms with E-state index in [0.717, 1.165) is 38.5 Å². The smallest absolute Gasteiger partial charge is 0.151 e. The van der Waals surface area contributed by atoms with Crippen molar-refractivity contribution in [3.05, 3.63) is 17.8 Å². The first-order valence-electron chi connectivity index (χ1n) is 5.74. The van der Waals surface area contributed by atoms with Crippen molar-refractivity contribution >= 4 is 5.82 Å². The van der Waals surface area contributed by atoms with Crippen LogP contribution in [-0.4, -0.2) is 52.9 Å². The quantitative estimate of drug-likeness (QED) is 0.786. The van der Waals surface area contributed by atoms with Crippen LogP contribution >= 0.6 is 0 Å². The molecule has 16 heavy (non-hydrogen) atoms. The molecule has 0 aromatic carbocycles. The number of nitrogens with zero attached hydrogens (tertiary/aromatic N) is 4. The van der Waals surface area contributed by atoms with Crippen LogP contribution in [0.15, 0.2) is 12.1 Å². The number of aliphatic hydroxyl groups is 1. The van der Waals surface area contributed by atoms with E-state index in [2.05, 4.69) is 26.9 Å². The van der Waals surface area contributed by atoms with Gasteiger partial charge in [-0.25, -0.2) is 0 Å². The van der Waals surface area contributed by atoms with Crippen molar-refractivity contribution in [2.75, 3.05) is 37.6 Å². The Balaban J connectivity index is 1.97. The molecule has 1 saturated heterocycles. The second-order valence-corrected chi connectivity index (χ2v) is 3.96. The van der Waals surface area contributed by atoms with Crippen LogP contribution in [0, 0.1) is 0 Å². The number of hydrogen-bond donors (Lipinski definition) is 1. The molecule has 1 fully saturated rings. The van der Waals surface area contributed by atoms with E-state index in [-0.39, 0.29) is 6.61 Å². The minimum Gasteiger partial charge on any atom is -0.390 e. The molecule has 1 aromatic rings. The summed E-state index contributed by atoms with van der Waals surface area (Å²) in [5.41, 5.74) is 0.621. The van der Waals surface area contributed by atoms with Crippen LogP contribution in [0.25, 0.3) is 0 Å². The number of aliphatic hydroxyl groups excluding tert-OH is 1. The van der Waals surface area contributed by atoms with Crippen LogP contribution in [0.5, 0.6) is 0 Å². The van der Waals surface area contributed by atoms with Crippen molar-refractivity contribution in [3.63, 3.8) is 0 Å². The maximum atomic E-state index is 8.88. The third-order valence-corrected chi connectivity index (χ3v) is 3.01. The van der Waals surface area contributed by atoms with E-state index in [1.165, 1.54) is 0 Å². The van der Waals surface area contributed by atoms with Gasteiger partial charge >= 0.3 is 0 Å². The van der Waals surface area contributed by atoms with Crippen molar-refractivity contribution in [2.45, 2.75) is 13.5 Å². The van der Waals surface area contributed by atoms with Gasteiger partial charge in [-0.1, -0.05) is 6.92 Å². The molecule has 0 unspecified atom stereocenters. The molecule has 0 atom stereocenters. The van der Waals surface area contributed by atoms with Gasteiger partial charge in [0.1, 0.15) is 0 Å². The molecule has 5 nitrogen and oxygen atoms in total. The number of hydrogen-bond acceptors (Lipinski definition) is 5. The minimum absolute atomic E-state index is 0.0447. The number of likely N-dealkylation sites (N-methyl/N-ethyl adjacent to an activating group) is 1. The first kappa shape index (κ1) is 11.3. The lowest BCUT2D eigenvalue weighted by molar-refractivity contribution is 0.269. The zero-order chi connectivity index (χ0) is 11.4. The zero-order valence-corrected chi connectivity index (χ0v) is 9.63. The highest BCUT2D eigenvalue weighted by Crippen LogP contribution is 2.12. The Hall–Kier alpha value is -1.20. The van der Waals surface area contributed by atoms with Gasteiger partial charge in [0.05, 0.1) is 12.3 Å². The molecule has 0 saturated carbocycles. The molecule has 2 rings (SSSR count). The van der Waals surface area contributed by atoms with E-state index in [1.54, 1.807) is 0 Å². The molecule has 0 bridgehead atoms. The van der Waals surface area contributed by atoms with Crippen molar-refractivity contribution in [2.24, 2.45) is 0 Å². The van der Waals surface area contributed by atoms with Gasteiger partial charge < -0.3 is 14.9 Å². The molecule has 0 amide bonds. The van der Waals surface area contributed by atoms with E-state index in [0.29, 0.717) is 5.69 Å². The summed E-state index contributed by atoms with van der Waals surface area (Å²) in [6.07, 6.45) is 0. The summed E-state index contributed by atoms with van der Waals surface area (Å²) >= 11 is 0. The molecule has 0 radical (unpaired) electrons. The van der Waals surface area contributed by atoms with Gasteiger partial charge in [-0.3, -0.25) is 0 Å². The number of piperazine rings is 1. The summed E-state index contributed by atoms with van der Waals surface area (Å²) in [6, 6.07) is 3.76. The molecular weight excluding hydrogens is 204 g/mol. The van der Waals surface area contributed by atoms with Gasteiger partial charge in [0.25, 0.3) is 0 Å². The average Bonchev–Trinajstić information content (AvgIpc) is 2.39. The topological polar surface area (TPSA) is 52.5 Å².